The molecule has 0 N–H and O–H groups in total. The van der Waals surface area contributed by atoms with Gasteiger partial charge in [0.25, 0.3) is 0 Å². The van der Waals surface area contributed by atoms with Gasteiger partial charge in [-0.15, -0.1) is 6.58 Å². The van der Waals surface area contributed by atoms with Gasteiger partial charge < -0.3 is 9.64 Å². The van der Waals surface area contributed by atoms with E-state index in [2.05, 4.69) is 11.3 Å². The van der Waals surface area contributed by atoms with Gasteiger partial charge in [-0.1, -0.05) is 26.3 Å². The molecule has 0 saturated heterocycles. The van der Waals surface area contributed by atoms with E-state index in [0.29, 0.717) is 19.5 Å². The topological polar surface area (TPSA) is 46.6 Å². The second-order valence-corrected chi connectivity index (χ2v) is 4.12. The summed E-state index contributed by atoms with van der Waals surface area (Å²) in [5, 5.41) is 0. The summed E-state index contributed by atoms with van der Waals surface area (Å²) in [6, 6.07) is 0. The number of nitrogens with zero attached hydrogens (tertiary/aromatic N) is 1. The van der Waals surface area contributed by atoms with E-state index in [0.717, 1.165) is 12.8 Å². The van der Waals surface area contributed by atoms with E-state index in [-0.39, 0.29) is 17.8 Å². The largest absolute Gasteiger partial charge is 0.469 e. The normalized spacial score (nSPS) is 11.7. The number of ether oxygens (including phenoxy) is 1. The number of carbonyl (C=O) groups is 2. The number of esters is 1. The minimum absolute atomic E-state index is 0.0718. The first-order valence-electron chi connectivity index (χ1n) is 6.03. The summed E-state index contributed by atoms with van der Waals surface area (Å²) in [7, 11) is 1.36. The van der Waals surface area contributed by atoms with Crippen LogP contribution < -0.4 is 0 Å². The van der Waals surface area contributed by atoms with E-state index >= 15 is 0 Å². The molecule has 0 saturated carbocycles. The standard InChI is InChI=1S/C13H23NO3/c1-5-7-8-12(15)14(9-6-2)10-11(3)13(16)17-4/h6,11H,2,5,7-10H2,1,3-4H3. The number of unbranched alkanes of at least 4 members (excludes halogenated alkanes) is 1. The van der Waals surface area contributed by atoms with Crippen LogP contribution in [-0.2, 0) is 14.3 Å². The van der Waals surface area contributed by atoms with Crippen molar-refractivity contribution in [1.29, 1.82) is 0 Å². The van der Waals surface area contributed by atoms with Gasteiger partial charge in [0, 0.05) is 19.5 Å². The molecule has 1 amide bonds. The van der Waals surface area contributed by atoms with Gasteiger partial charge in [0.1, 0.15) is 0 Å². The van der Waals surface area contributed by atoms with Crippen molar-refractivity contribution in [2.75, 3.05) is 20.2 Å². The summed E-state index contributed by atoms with van der Waals surface area (Å²) in [5.74, 6) is -0.518. The lowest BCUT2D eigenvalue weighted by atomic mass is 10.1. The average molecular weight is 241 g/mol. The highest BCUT2D eigenvalue weighted by atomic mass is 16.5. The first-order valence-corrected chi connectivity index (χ1v) is 6.03. The lowest BCUT2D eigenvalue weighted by molar-refractivity contribution is -0.146. The molecule has 0 aromatic heterocycles. The minimum Gasteiger partial charge on any atom is -0.469 e. The molecule has 1 atom stereocenters. The van der Waals surface area contributed by atoms with Gasteiger partial charge in [-0.3, -0.25) is 9.59 Å². The van der Waals surface area contributed by atoms with Crippen molar-refractivity contribution >= 4 is 11.9 Å². The van der Waals surface area contributed by atoms with E-state index in [9.17, 15) is 9.59 Å². The zero-order valence-electron chi connectivity index (χ0n) is 11.1. The molecule has 17 heavy (non-hydrogen) atoms. The van der Waals surface area contributed by atoms with Crippen molar-refractivity contribution in [3.8, 4) is 0 Å². The Hall–Kier alpha value is -1.32. The van der Waals surface area contributed by atoms with Gasteiger partial charge in [0.15, 0.2) is 0 Å². The fourth-order valence-electron chi connectivity index (χ4n) is 1.53. The monoisotopic (exact) mass is 241 g/mol. The van der Waals surface area contributed by atoms with Crippen LogP contribution in [0.5, 0.6) is 0 Å². The maximum Gasteiger partial charge on any atom is 0.310 e. The molecule has 0 aliphatic carbocycles. The maximum atomic E-state index is 11.9. The second-order valence-electron chi connectivity index (χ2n) is 4.12. The highest BCUT2D eigenvalue weighted by molar-refractivity contribution is 5.78. The first kappa shape index (κ1) is 15.7. The fraction of sp³-hybridized carbons (Fsp3) is 0.692. The number of hydrogen-bond donors (Lipinski definition) is 0. The lowest BCUT2D eigenvalue weighted by Crippen LogP contribution is -2.37. The number of rotatable bonds is 8. The molecule has 0 rings (SSSR count). The number of carbonyl (C=O) groups excluding carboxylic acids is 2. The predicted octanol–water partition coefficient (Wildman–Crippen LogP) is 2.00. The maximum absolute atomic E-state index is 11.9. The summed E-state index contributed by atoms with van der Waals surface area (Å²) in [6.45, 7) is 8.29. The summed E-state index contributed by atoms with van der Waals surface area (Å²) in [5.41, 5.74) is 0. The molecule has 0 bridgehead atoms. The van der Waals surface area contributed by atoms with E-state index in [1.807, 2.05) is 6.92 Å². The highest BCUT2D eigenvalue weighted by Crippen LogP contribution is 2.06. The Kier molecular flexibility index (Phi) is 8.11. The minimum atomic E-state index is -0.300. The smallest absolute Gasteiger partial charge is 0.310 e. The third kappa shape index (κ3) is 6.09. The third-order valence-corrected chi connectivity index (χ3v) is 2.54. The van der Waals surface area contributed by atoms with E-state index in [1.54, 1.807) is 17.9 Å². The van der Waals surface area contributed by atoms with Crippen molar-refractivity contribution in [3.63, 3.8) is 0 Å². The Morgan fingerprint density at radius 2 is 2.12 bits per heavy atom. The van der Waals surface area contributed by atoms with Gasteiger partial charge in [0.05, 0.1) is 13.0 Å². The van der Waals surface area contributed by atoms with Crippen LogP contribution in [-0.4, -0.2) is 37.0 Å². The molecule has 0 aromatic carbocycles. The zero-order valence-corrected chi connectivity index (χ0v) is 11.1. The van der Waals surface area contributed by atoms with Crippen molar-refractivity contribution < 1.29 is 14.3 Å². The molecule has 1 unspecified atom stereocenters. The van der Waals surface area contributed by atoms with Crippen LogP contribution in [0.2, 0.25) is 0 Å². The first-order chi connectivity index (χ1) is 8.06. The van der Waals surface area contributed by atoms with E-state index in [4.69, 9.17) is 0 Å². The van der Waals surface area contributed by atoms with Crippen molar-refractivity contribution in [1.82, 2.24) is 4.90 Å². The third-order valence-electron chi connectivity index (χ3n) is 2.54. The molecule has 0 aliphatic heterocycles. The van der Waals surface area contributed by atoms with Gasteiger partial charge in [-0.25, -0.2) is 0 Å². The Labute approximate surface area is 104 Å². The Balaban J connectivity index is 4.36. The summed E-state index contributed by atoms with van der Waals surface area (Å²) in [4.78, 5) is 24.8. The summed E-state index contributed by atoms with van der Waals surface area (Å²) < 4.78 is 4.65. The summed E-state index contributed by atoms with van der Waals surface area (Å²) in [6.07, 6.45) is 4.06. The van der Waals surface area contributed by atoms with Crippen molar-refractivity contribution in [2.45, 2.75) is 33.1 Å². The van der Waals surface area contributed by atoms with E-state index in [1.165, 1.54) is 7.11 Å². The highest BCUT2D eigenvalue weighted by Gasteiger charge is 2.20. The van der Waals surface area contributed by atoms with Gasteiger partial charge in [0.2, 0.25) is 5.91 Å². The molecule has 0 aromatic rings. The number of amides is 1. The molecule has 98 valence electrons. The van der Waals surface area contributed by atoms with Crippen LogP contribution in [0.1, 0.15) is 33.1 Å². The molecule has 4 heteroatoms. The number of hydrogen-bond acceptors (Lipinski definition) is 3. The molecule has 0 heterocycles. The Bertz CT molecular complexity index is 263. The van der Waals surface area contributed by atoms with Gasteiger partial charge in [-0.2, -0.15) is 0 Å². The van der Waals surface area contributed by atoms with Crippen LogP contribution in [0.4, 0.5) is 0 Å². The van der Waals surface area contributed by atoms with Crippen molar-refractivity contribution in [2.24, 2.45) is 5.92 Å². The molecule has 0 spiro atoms. The molecular weight excluding hydrogens is 218 g/mol. The summed E-state index contributed by atoms with van der Waals surface area (Å²) >= 11 is 0. The van der Waals surface area contributed by atoms with Crippen LogP contribution in [0.25, 0.3) is 0 Å². The van der Waals surface area contributed by atoms with Crippen LogP contribution in [0.3, 0.4) is 0 Å². The second kappa shape index (κ2) is 8.79. The molecule has 4 nitrogen and oxygen atoms in total. The van der Waals surface area contributed by atoms with Crippen LogP contribution >= 0.6 is 0 Å². The Morgan fingerprint density at radius 3 is 2.59 bits per heavy atom. The lowest BCUT2D eigenvalue weighted by Gasteiger charge is -2.23. The van der Waals surface area contributed by atoms with Crippen LogP contribution in [0, 0.1) is 5.92 Å². The van der Waals surface area contributed by atoms with Crippen LogP contribution in [0.15, 0.2) is 12.7 Å². The van der Waals surface area contributed by atoms with E-state index < -0.39 is 0 Å². The van der Waals surface area contributed by atoms with Crippen molar-refractivity contribution in [3.05, 3.63) is 12.7 Å². The molecule has 0 radical (unpaired) electrons. The molecule has 0 fully saturated rings. The molecule has 0 aliphatic rings. The fourth-order valence-corrected chi connectivity index (χ4v) is 1.53. The zero-order chi connectivity index (χ0) is 13.3. The van der Waals surface area contributed by atoms with Gasteiger partial charge >= 0.3 is 5.97 Å². The average Bonchev–Trinajstić information content (AvgIpc) is 2.34. The predicted molar refractivity (Wildman–Crippen MR) is 67.5 cm³/mol. The quantitative estimate of drug-likeness (QED) is 0.482. The van der Waals surface area contributed by atoms with Gasteiger partial charge in [-0.05, 0) is 6.42 Å². The SMILES string of the molecule is C=CCN(CC(C)C(=O)OC)C(=O)CCCC. The Morgan fingerprint density at radius 1 is 1.47 bits per heavy atom. The molecular formula is C13H23NO3. The number of methoxy groups -OCH3 is 1.